The van der Waals surface area contributed by atoms with Gasteiger partial charge in [0.2, 0.25) is 0 Å². The summed E-state index contributed by atoms with van der Waals surface area (Å²) in [6.45, 7) is 4.41. The number of aromatic nitrogens is 1. The molecule has 0 aromatic carbocycles. The van der Waals surface area contributed by atoms with E-state index in [-0.39, 0.29) is 0 Å². The number of anilines is 1. The van der Waals surface area contributed by atoms with E-state index >= 15 is 0 Å². The van der Waals surface area contributed by atoms with Gasteiger partial charge in [-0.15, -0.1) is 0 Å². The van der Waals surface area contributed by atoms with E-state index in [1.165, 1.54) is 24.1 Å². The fourth-order valence-electron chi connectivity index (χ4n) is 2.22. The van der Waals surface area contributed by atoms with Gasteiger partial charge in [0, 0.05) is 25.3 Å². The number of piperidine rings is 1. The Labute approximate surface area is 91.5 Å². The lowest BCUT2D eigenvalue weighted by molar-refractivity contribution is 0.449. The molecule has 1 atom stereocenters. The molecule has 1 fully saturated rings. The van der Waals surface area contributed by atoms with E-state index in [1.807, 2.05) is 19.4 Å². The highest BCUT2D eigenvalue weighted by Gasteiger charge is 2.19. The maximum atomic E-state index is 4.21. The predicted molar refractivity (Wildman–Crippen MR) is 63.3 cm³/mol. The van der Waals surface area contributed by atoms with E-state index < -0.39 is 0 Å². The summed E-state index contributed by atoms with van der Waals surface area (Å²) >= 11 is 0. The summed E-state index contributed by atoms with van der Waals surface area (Å²) in [5.41, 5.74) is 2.61. The molecule has 1 unspecified atom stereocenters. The van der Waals surface area contributed by atoms with Crippen molar-refractivity contribution in [2.45, 2.75) is 25.8 Å². The van der Waals surface area contributed by atoms with Gasteiger partial charge in [0.15, 0.2) is 0 Å². The Morgan fingerprint density at radius 2 is 2.40 bits per heavy atom. The van der Waals surface area contributed by atoms with Crippen LogP contribution in [0.3, 0.4) is 0 Å². The van der Waals surface area contributed by atoms with Crippen LogP contribution in [-0.4, -0.2) is 31.2 Å². The van der Waals surface area contributed by atoms with Crippen LogP contribution in [0.4, 0.5) is 5.69 Å². The first-order chi connectivity index (χ1) is 7.31. The van der Waals surface area contributed by atoms with Gasteiger partial charge >= 0.3 is 0 Å². The third kappa shape index (κ3) is 2.29. The minimum Gasteiger partial charge on any atom is -0.369 e. The zero-order chi connectivity index (χ0) is 10.7. The van der Waals surface area contributed by atoms with Crippen molar-refractivity contribution in [1.82, 2.24) is 10.3 Å². The maximum Gasteiger partial charge on any atom is 0.0582 e. The number of pyridine rings is 1. The maximum absolute atomic E-state index is 4.21. The smallest absolute Gasteiger partial charge is 0.0582 e. The van der Waals surface area contributed by atoms with Gasteiger partial charge in [-0.2, -0.15) is 0 Å². The largest absolute Gasteiger partial charge is 0.369 e. The second-order valence-electron chi connectivity index (χ2n) is 4.24. The van der Waals surface area contributed by atoms with E-state index in [0.717, 1.165) is 13.1 Å². The molecule has 2 rings (SSSR count). The molecule has 0 saturated carbocycles. The normalized spacial score (nSPS) is 21.7. The number of hydrogen-bond donors (Lipinski definition) is 1. The monoisotopic (exact) mass is 205 g/mol. The molecule has 0 spiro atoms. The van der Waals surface area contributed by atoms with Crippen molar-refractivity contribution >= 4 is 5.69 Å². The van der Waals surface area contributed by atoms with Gasteiger partial charge in [-0.05, 0) is 38.4 Å². The summed E-state index contributed by atoms with van der Waals surface area (Å²) in [4.78, 5) is 6.65. The SMILES string of the molecule is CNC1CCCN(c2cnccc2C)C1. The summed E-state index contributed by atoms with van der Waals surface area (Å²) < 4.78 is 0. The van der Waals surface area contributed by atoms with Gasteiger partial charge < -0.3 is 10.2 Å². The first kappa shape index (κ1) is 10.4. The molecule has 1 aliphatic rings. The van der Waals surface area contributed by atoms with Crippen LogP contribution in [0.1, 0.15) is 18.4 Å². The lowest BCUT2D eigenvalue weighted by Gasteiger charge is -2.34. The molecule has 1 aromatic rings. The van der Waals surface area contributed by atoms with E-state index in [2.05, 4.69) is 28.2 Å². The average Bonchev–Trinajstić information content (AvgIpc) is 2.30. The summed E-state index contributed by atoms with van der Waals surface area (Å²) in [7, 11) is 2.05. The Hall–Kier alpha value is -1.09. The van der Waals surface area contributed by atoms with E-state index in [9.17, 15) is 0 Å². The molecule has 15 heavy (non-hydrogen) atoms. The van der Waals surface area contributed by atoms with Gasteiger partial charge in [-0.25, -0.2) is 0 Å². The molecule has 1 N–H and O–H groups in total. The van der Waals surface area contributed by atoms with Crippen LogP contribution in [-0.2, 0) is 0 Å². The number of rotatable bonds is 2. The zero-order valence-electron chi connectivity index (χ0n) is 9.53. The van der Waals surface area contributed by atoms with E-state index in [0.29, 0.717) is 6.04 Å². The number of likely N-dealkylation sites (N-methyl/N-ethyl adjacent to an activating group) is 1. The average molecular weight is 205 g/mol. The Bertz CT molecular complexity index is 324. The third-order valence-corrected chi connectivity index (χ3v) is 3.18. The van der Waals surface area contributed by atoms with Crippen LogP contribution in [0.25, 0.3) is 0 Å². The molecule has 2 heterocycles. The van der Waals surface area contributed by atoms with Crippen LogP contribution in [0.15, 0.2) is 18.5 Å². The van der Waals surface area contributed by atoms with Crippen LogP contribution in [0.2, 0.25) is 0 Å². The molecule has 1 aliphatic heterocycles. The van der Waals surface area contributed by atoms with Crippen LogP contribution < -0.4 is 10.2 Å². The number of nitrogens with one attached hydrogen (secondary N) is 1. The first-order valence-electron chi connectivity index (χ1n) is 5.64. The van der Waals surface area contributed by atoms with Crippen molar-refractivity contribution in [3.63, 3.8) is 0 Å². The predicted octanol–water partition coefficient (Wildman–Crippen LogP) is 1.58. The number of hydrogen-bond acceptors (Lipinski definition) is 3. The fraction of sp³-hybridized carbons (Fsp3) is 0.583. The molecule has 82 valence electrons. The molecule has 1 saturated heterocycles. The molecule has 0 amide bonds. The number of nitrogens with zero attached hydrogens (tertiary/aromatic N) is 2. The van der Waals surface area contributed by atoms with Gasteiger partial charge in [-0.3, -0.25) is 4.98 Å². The van der Waals surface area contributed by atoms with Crippen LogP contribution in [0, 0.1) is 6.92 Å². The van der Waals surface area contributed by atoms with Gasteiger partial charge in [0.1, 0.15) is 0 Å². The Kier molecular flexibility index (Phi) is 3.21. The lowest BCUT2D eigenvalue weighted by Crippen LogP contribution is -2.44. The van der Waals surface area contributed by atoms with Gasteiger partial charge in [0.25, 0.3) is 0 Å². The highest BCUT2D eigenvalue weighted by Crippen LogP contribution is 2.22. The Morgan fingerprint density at radius 3 is 3.13 bits per heavy atom. The molecular formula is C12H19N3. The third-order valence-electron chi connectivity index (χ3n) is 3.18. The van der Waals surface area contributed by atoms with Gasteiger partial charge in [0.05, 0.1) is 11.9 Å². The molecular weight excluding hydrogens is 186 g/mol. The van der Waals surface area contributed by atoms with Crippen molar-refractivity contribution in [3.8, 4) is 0 Å². The second kappa shape index (κ2) is 4.62. The standard InChI is InChI=1S/C12H19N3/c1-10-5-6-14-8-12(10)15-7-3-4-11(9-15)13-2/h5-6,8,11,13H,3-4,7,9H2,1-2H3. The van der Waals surface area contributed by atoms with Crippen LogP contribution >= 0.6 is 0 Å². The van der Waals surface area contributed by atoms with Gasteiger partial charge in [-0.1, -0.05) is 0 Å². The molecule has 0 bridgehead atoms. The highest BCUT2D eigenvalue weighted by molar-refractivity contribution is 5.51. The van der Waals surface area contributed by atoms with E-state index in [4.69, 9.17) is 0 Å². The molecule has 3 nitrogen and oxygen atoms in total. The quantitative estimate of drug-likeness (QED) is 0.794. The zero-order valence-corrected chi connectivity index (χ0v) is 9.53. The molecule has 1 aromatic heterocycles. The highest BCUT2D eigenvalue weighted by atomic mass is 15.2. The summed E-state index contributed by atoms with van der Waals surface area (Å²) in [6, 6.07) is 2.71. The minimum absolute atomic E-state index is 0.623. The molecule has 3 heteroatoms. The second-order valence-corrected chi connectivity index (χ2v) is 4.24. The van der Waals surface area contributed by atoms with Crippen molar-refractivity contribution in [1.29, 1.82) is 0 Å². The summed E-state index contributed by atoms with van der Waals surface area (Å²) in [5, 5.41) is 3.36. The Morgan fingerprint density at radius 1 is 1.53 bits per heavy atom. The van der Waals surface area contributed by atoms with E-state index in [1.54, 1.807) is 0 Å². The molecule has 0 radical (unpaired) electrons. The topological polar surface area (TPSA) is 28.2 Å². The van der Waals surface area contributed by atoms with Crippen molar-refractivity contribution in [2.24, 2.45) is 0 Å². The summed E-state index contributed by atoms with van der Waals surface area (Å²) in [5.74, 6) is 0. The number of aryl methyl sites for hydroxylation is 1. The Balaban J connectivity index is 2.13. The minimum atomic E-state index is 0.623. The van der Waals surface area contributed by atoms with Crippen molar-refractivity contribution in [2.75, 3.05) is 25.0 Å². The lowest BCUT2D eigenvalue weighted by atomic mass is 10.0. The molecule has 0 aliphatic carbocycles. The van der Waals surface area contributed by atoms with Crippen molar-refractivity contribution < 1.29 is 0 Å². The fourth-order valence-corrected chi connectivity index (χ4v) is 2.22. The van der Waals surface area contributed by atoms with Crippen molar-refractivity contribution in [3.05, 3.63) is 24.0 Å². The summed E-state index contributed by atoms with van der Waals surface area (Å²) in [6.07, 6.45) is 6.39. The van der Waals surface area contributed by atoms with Crippen LogP contribution in [0.5, 0.6) is 0 Å². The first-order valence-corrected chi connectivity index (χ1v) is 5.64.